The van der Waals surface area contributed by atoms with Crippen LogP contribution >= 0.6 is 11.3 Å². The van der Waals surface area contributed by atoms with Gasteiger partial charge in [-0.2, -0.15) is 0 Å². The zero-order valence-corrected chi connectivity index (χ0v) is 16.5. The zero-order valence-electron chi connectivity index (χ0n) is 15.7. The highest BCUT2D eigenvalue weighted by molar-refractivity contribution is 7.18. The summed E-state index contributed by atoms with van der Waals surface area (Å²) in [6.07, 6.45) is 2.89. The smallest absolute Gasteiger partial charge is 0.279 e. The van der Waals surface area contributed by atoms with E-state index in [9.17, 15) is 14.4 Å². The first-order valence-electron chi connectivity index (χ1n) is 9.21. The van der Waals surface area contributed by atoms with E-state index >= 15 is 0 Å². The van der Waals surface area contributed by atoms with E-state index in [2.05, 4.69) is 22.6 Å². The SMILES string of the molecule is CC(=O)Nc1ccc(C(=O)Cn2nnc3sc4c(c3c2=O)CCC(C)C4)cc1. The predicted octanol–water partition coefficient (Wildman–Crippen LogP) is 2.82. The second-order valence-corrected chi connectivity index (χ2v) is 8.35. The van der Waals surface area contributed by atoms with Crippen LogP contribution < -0.4 is 10.9 Å². The molecule has 28 heavy (non-hydrogen) atoms. The molecule has 8 heteroatoms. The van der Waals surface area contributed by atoms with E-state index in [1.165, 1.54) is 11.8 Å². The maximum Gasteiger partial charge on any atom is 0.279 e. The molecule has 0 saturated carbocycles. The molecule has 2 heterocycles. The third kappa shape index (κ3) is 3.47. The summed E-state index contributed by atoms with van der Waals surface area (Å²) in [5.41, 5.74) is 1.89. The number of nitrogens with one attached hydrogen (secondary N) is 1. The van der Waals surface area contributed by atoms with Gasteiger partial charge in [-0.05, 0) is 55.0 Å². The van der Waals surface area contributed by atoms with Crippen molar-refractivity contribution in [2.24, 2.45) is 5.92 Å². The maximum absolute atomic E-state index is 13.0. The quantitative estimate of drug-likeness (QED) is 0.685. The second kappa shape index (κ2) is 7.27. The zero-order chi connectivity index (χ0) is 19.8. The molecular weight excluding hydrogens is 376 g/mol. The summed E-state index contributed by atoms with van der Waals surface area (Å²) in [7, 11) is 0. The molecule has 1 atom stereocenters. The highest BCUT2D eigenvalue weighted by Crippen LogP contribution is 2.35. The van der Waals surface area contributed by atoms with Crippen molar-refractivity contribution in [1.82, 2.24) is 15.0 Å². The first kappa shape index (κ1) is 18.5. The number of thiophene rings is 1. The Hall–Kier alpha value is -2.87. The van der Waals surface area contributed by atoms with Crippen molar-refractivity contribution in [2.45, 2.75) is 39.7 Å². The summed E-state index contributed by atoms with van der Waals surface area (Å²) in [5, 5.41) is 11.4. The fourth-order valence-corrected chi connectivity index (χ4v) is 4.88. The Bertz CT molecular complexity index is 1130. The molecule has 1 aromatic carbocycles. The number of amides is 1. The number of carbonyl (C=O) groups excluding carboxylic acids is 2. The van der Waals surface area contributed by atoms with Crippen LogP contribution in [-0.2, 0) is 24.2 Å². The van der Waals surface area contributed by atoms with E-state index in [-0.39, 0.29) is 23.8 Å². The number of fused-ring (bicyclic) bond motifs is 3. The molecular formula is C20H20N4O3S. The standard InChI is InChI=1S/C20H20N4O3S/c1-11-3-8-15-17(9-11)28-19-18(15)20(27)24(23-22-19)10-16(26)13-4-6-14(7-5-13)21-12(2)25/h4-7,11H,3,8-10H2,1-2H3,(H,21,25). The summed E-state index contributed by atoms with van der Waals surface area (Å²) in [4.78, 5) is 38.5. The van der Waals surface area contributed by atoms with Gasteiger partial charge in [-0.25, -0.2) is 4.68 Å². The van der Waals surface area contributed by atoms with Crippen molar-refractivity contribution in [1.29, 1.82) is 0 Å². The van der Waals surface area contributed by atoms with Gasteiger partial charge >= 0.3 is 0 Å². The van der Waals surface area contributed by atoms with Crippen LogP contribution in [0.5, 0.6) is 0 Å². The molecule has 1 N–H and O–H groups in total. The molecule has 0 bridgehead atoms. The van der Waals surface area contributed by atoms with Gasteiger partial charge in [0, 0.05) is 23.1 Å². The van der Waals surface area contributed by atoms with Crippen molar-refractivity contribution < 1.29 is 9.59 Å². The third-order valence-corrected chi connectivity index (χ3v) is 6.14. The van der Waals surface area contributed by atoms with Gasteiger partial charge in [0.1, 0.15) is 6.54 Å². The van der Waals surface area contributed by atoms with Crippen LogP contribution in [0.4, 0.5) is 5.69 Å². The fraction of sp³-hybridized carbons (Fsp3) is 0.350. The number of carbonyl (C=O) groups is 2. The number of Topliss-reactive ketones (excluding diaryl/α,β-unsaturated/α-hetero) is 1. The summed E-state index contributed by atoms with van der Waals surface area (Å²) in [6.45, 7) is 3.47. The van der Waals surface area contributed by atoms with Gasteiger partial charge in [0.15, 0.2) is 10.6 Å². The van der Waals surface area contributed by atoms with E-state index in [4.69, 9.17) is 0 Å². The summed E-state index contributed by atoms with van der Waals surface area (Å²) in [6, 6.07) is 6.56. The Balaban J connectivity index is 1.61. The minimum absolute atomic E-state index is 0.164. The lowest BCUT2D eigenvalue weighted by Gasteiger charge is -2.17. The van der Waals surface area contributed by atoms with Gasteiger partial charge in [0.2, 0.25) is 5.91 Å². The van der Waals surface area contributed by atoms with Crippen LogP contribution in [0.25, 0.3) is 10.2 Å². The highest BCUT2D eigenvalue weighted by atomic mass is 32.1. The van der Waals surface area contributed by atoms with Crippen LogP contribution in [0.3, 0.4) is 0 Å². The van der Waals surface area contributed by atoms with Gasteiger partial charge in [0.05, 0.1) is 5.39 Å². The van der Waals surface area contributed by atoms with Crippen LogP contribution in [0, 0.1) is 5.92 Å². The lowest BCUT2D eigenvalue weighted by Crippen LogP contribution is -2.28. The Morgan fingerprint density at radius 1 is 1.29 bits per heavy atom. The molecule has 1 amide bonds. The average molecular weight is 396 g/mol. The van der Waals surface area contributed by atoms with Crippen LogP contribution in [0.2, 0.25) is 0 Å². The highest BCUT2D eigenvalue weighted by Gasteiger charge is 2.24. The van der Waals surface area contributed by atoms with Gasteiger partial charge in [-0.1, -0.05) is 12.1 Å². The van der Waals surface area contributed by atoms with Gasteiger partial charge in [-0.15, -0.1) is 16.4 Å². The molecule has 0 spiro atoms. The molecule has 2 aromatic heterocycles. The van der Waals surface area contributed by atoms with Crippen molar-refractivity contribution in [3.63, 3.8) is 0 Å². The van der Waals surface area contributed by atoms with Gasteiger partial charge in [-0.3, -0.25) is 14.4 Å². The molecule has 0 fully saturated rings. The monoisotopic (exact) mass is 396 g/mol. The minimum Gasteiger partial charge on any atom is -0.326 e. The fourth-order valence-electron chi connectivity index (χ4n) is 3.57. The van der Waals surface area contributed by atoms with Gasteiger partial charge < -0.3 is 5.32 Å². The van der Waals surface area contributed by atoms with Crippen molar-refractivity contribution in [3.8, 4) is 0 Å². The Labute approximate surface area is 165 Å². The molecule has 7 nitrogen and oxygen atoms in total. The summed E-state index contributed by atoms with van der Waals surface area (Å²) in [5.74, 6) is 0.198. The molecule has 1 aliphatic carbocycles. The lowest BCUT2D eigenvalue weighted by atomic mass is 9.89. The molecule has 0 radical (unpaired) electrons. The number of aromatic nitrogens is 3. The minimum atomic E-state index is -0.250. The molecule has 1 aliphatic rings. The van der Waals surface area contributed by atoms with E-state index in [1.54, 1.807) is 35.6 Å². The van der Waals surface area contributed by atoms with E-state index < -0.39 is 0 Å². The number of nitrogens with zero attached hydrogens (tertiary/aromatic N) is 3. The van der Waals surface area contributed by atoms with Crippen molar-refractivity contribution in [3.05, 3.63) is 50.6 Å². The van der Waals surface area contributed by atoms with Crippen molar-refractivity contribution in [2.75, 3.05) is 5.32 Å². The Kier molecular flexibility index (Phi) is 4.80. The number of rotatable bonds is 4. The van der Waals surface area contributed by atoms with Crippen LogP contribution in [-0.4, -0.2) is 26.7 Å². The third-order valence-electron chi connectivity index (χ3n) is 5.01. The first-order chi connectivity index (χ1) is 13.4. The van der Waals surface area contributed by atoms with E-state index in [0.29, 0.717) is 27.4 Å². The summed E-state index contributed by atoms with van der Waals surface area (Å²) >= 11 is 1.54. The molecule has 4 rings (SSSR count). The van der Waals surface area contributed by atoms with Crippen LogP contribution in [0.1, 0.15) is 41.1 Å². The number of benzene rings is 1. The topological polar surface area (TPSA) is 93.9 Å². The molecule has 0 saturated heterocycles. The predicted molar refractivity (Wildman–Crippen MR) is 108 cm³/mol. The largest absolute Gasteiger partial charge is 0.326 e. The van der Waals surface area contributed by atoms with E-state index in [1.807, 2.05) is 0 Å². The van der Waals surface area contributed by atoms with Crippen molar-refractivity contribution >= 4 is 38.9 Å². The number of hydrogen-bond acceptors (Lipinski definition) is 6. The normalized spacial score (nSPS) is 16.0. The van der Waals surface area contributed by atoms with E-state index in [0.717, 1.165) is 29.5 Å². The molecule has 0 aliphatic heterocycles. The number of hydrogen-bond donors (Lipinski definition) is 1. The Morgan fingerprint density at radius 3 is 2.75 bits per heavy atom. The maximum atomic E-state index is 13.0. The number of anilines is 1. The molecule has 1 unspecified atom stereocenters. The average Bonchev–Trinajstić information content (AvgIpc) is 3.02. The lowest BCUT2D eigenvalue weighted by molar-refractivity contribution is -0.114. The number of ketones is 1. The summed E-state index contributed by atoms with van der Waals surface area (Å²) < 4.78 is 1.15. The first-order valence-corrected chi connectivity index (χ1v) is 10.0. The number of aryl methyl sites for hydroxylation is 1. The molecule has 3 aromatic rings. The second-order valence-electron chi connectivity index (χ2n) is 7.27. The molecule has 144 valence electrons. The van der Waals surface area contributed by atoms with Gasteiger partial charge in [0.25, 0.3) is 5.56 Å². The van der Waals surface area contributed by atoms with Crippen LogP contribution in [0.15, 0.2) is 29.1 Å². The Morgan fingerprint density at radius 2 is 2.04 bits per heavy atom.